The topological polar surface area (TPSA) is 0 Å². The molecule has 1 atom stereocenters. The van der Waals surface area contributed by atoms with Gasteiger partial charge < -0.3 is 0 Å². The molecular formula is C12H8Br2ClIS. The molecule has 0 nitrogen and oxygen atoms in total. The largest absolute Gasteiger partial charge is 0.143 e. The Morgan fingerprint density at radius 1 is 1.29 bits per heavy atom. The van der Waals surface area contributed by atoms with E-state index in [1.165, 1.54) is 13.3 Å². The molecule has 0 fully saturated rings. The first kappa shape index (κ1) is 14.3. The third-order valence-electron chi connectivity index (χ3n) is 2.30. The second-order valence-corrected chi connectivity index (χ2v) is 8.25. The lowest BCUT2D eigenvalue weighted by Gasteiger charge is -2.11. The van der Waals surface area contributed by atoms with Crippen LogP contribution >= 0.6 is 77.4 Å². The molecular weight excluding hydrogens is 498 g/mol. The van der Waals surface area contributed by atoms with Gasteiger partial charge in [0.05, 0.1) is 5.38 Å². The van der Waals surface area contributed by atoms with Crippen LogP contribution in [0.25, 0.3) is 0 Å². The van der Waals surface area contributed by atoms with E-state index < -0.39 is 0 Å². The zero-order chi connectivity index (χ0) is 12.6. The average Bonchev–Trinajstić information content (AvgIpc) is 2.60. The maximum absolute atomic E-state index is 6.58. The first-order chi connectivity index (χ1) is 7.99. The molecule has 0 spiro atoms. The summed E-state index contributed by atoms with van der Waals surface area (Å²) in [6.45, 7) is 2.09. The lowest BCUT2D eigenvalue weighted by atomic mass is 10.1. The van der Waals surface area contributed by atoms with Gasteiger partial charge in [-0.15, -0.1) is 22.9 Å². The van der Waals surface area contributed by atoms with Gasteiger partial charge in [-0.25, -0.2) is 0 Å². The van der Waals surface area contributed by atoms with Gasteiger partial charge in [-0.05, 0) is 75.3 Å². The summed E-state index contributed by atoms with van der Waals surface area (Å²) < 4.78 is 3.34. The van der Waals surface area contributed by atoms with E-state index in [1.54, 1.807) is 11.3 Å². The Labute approximate surface area is 140 Å². The second-order valence-electron chi connectivity index (χ2n) is 3.60. The minimum absolute atomic E-state index is 0.104. The predicted molar refractivity (Wildman–Crippen MR) is 91.3 cm³/mol. The summed E-state index contributed by atoms with van der Waals surface area (Å²) in [4.78, 5) is 2.43. The van der Waals surface area contributed by atoms with Crippen LogP contribution < -0.4 is 0 Å². The molecule has 1 heterocycles. The van der Waals surface area contributed by atoms with E-state index in [4.69, 9.17) is 11.6 Å². The maximum atomic E-state index is 6.58. The van der Waals surface area contributed by atoms with Crippen molar-refractivity contribution in [2.45, 2.75) is 12.3 Å². The molecule has 2 aromatic rings. The molecule has 0 aliphatic heterocycles. The highest BCUT2D eigenvalue weighted by atomic mass is 127. The maximum Gasteiger partial charge on any atom is 0.0949 e. The van der Waals surface area contributed by atoms with Crippen LogP contribution in [0.1, 0.15) is 20.7 Å². The van der Waals surface area contributed by atoms with Crippen molar-refractivity contribution in [3.63, 3.8) is 0 Å². The molecule has 2 rings (SSSR count). The van der Waals surface area contributed by atoms with Crippen molar-refractivity contribution in [2.75, 3.05) is 0 Å². The molecule has 5 heteroatoms. The summed E-state index contributed by atoms with van der Waals surface area (Å²) in [5, 5.41) is -0.104. The summed E-state index contributed by atoms with van der Waals surface area (Å²) in [5.74, 6) is 0. The smallest absolute Gasteiger partial charge is 0.0949 e. The van der Waals surface area contributed by atoms with Crippen molar-refractivity contribution in [1.82, 2.24) is 0 Å². The third kappa shape index (κ3) is 3.26. The number of aryl methyl sites for hydroxylation is 1. The first-order valence-electron chi connectivity index (χ1n) is 4.84. The number of rotatable bonds is 2. The number of benzene rings is 1. The second kappa shape index (κ2) is 5.90. The van der Waals surface area contributed by atoms with Gasteiger partial charge in [0.2, 0.25) is 0 Å². The van der Waals surface area contributed by atoms with Crippen LogP contribution in [-0.4, -0.2) is 0 Å². The number of hydrogen-bond donors (Lipinski definition) is 0. The van der Waals surface area contributed by atoms with Crippen molar-refractivity contribution < 1.29 is 0 Å². The average molecular weight is 506 g/mol. The van der Waals surface area contributed by atoms with Crippen LogP contribution in [0.15, 0.2) is 33.2 Å². The zero-order valence-corrected chi connectivity index (χ0v) is 15.7. The summed E-state index contributed by atoms with van der Waals surface area (Å²) in [6, 6.07) is 8.30. The Morgan fingerprint density at radius 2 is 2.00 bits per heavy atom. The van der Waals surface area contributed by atoms with Crippen molar-refractivity contribution in [3.8, 4) is 0 Å². The van der Waals surface area contributed by atoms with Crippen molar-refractivity contribution in [2.24, 2.45) is 0 Å². The van der Waals surface area contributed by atoms with E-state index >= 15 is 0 Å². The van der Waals surface area contributed by atoms with Gasteiger partial charge in [0.1, 0.15) is 0 Å². The van der Waals surface area contributed by atoms with E-state index in [0.29, 0.717) is 0 Å². The highest BCUT2D eigenvalue weighted by Crippen LogP contribution is 2.41. The molecule has 17 heavy (non-hydrogen) atoms. The fourth-order valence-corrected chi connectivity index (χ4v) is 5.17. The Morgan fingerprint density at radius 3 is 2.59 bits per heavy atom. The molecule has 0 bridgehead atoms. The van der Waals surface area contributed by atoms with Gasteiger partial charge in [-0.2, -0.15) is 0 Å². The highest BCUT2D eigenvalue weighted by molar-refractivity contribution is 14.1. The van der Waals surface area contributed by atoms with Gasteiger partial charge in [0.15, 0.2) is 0 Å². The van der Waals surface area contributed by atoms with Crippen molar-refractivity contribution in [3.05, 3.63) is 52.1 Å². The van der Waals surface area contributed by atoms with Gasteiger partial charge in [0.25, 0.3) is 0 Å². The van der Waals surface area contributed by atoms with Crippen LogP contribution in [0.4, 0.5) is 0 Å². The fraction of sp³-hybridized carbons (Fsp3) is 0.167. The van der Waals surface area contributed by atoms with Crippen molar-refractivity contribution in [1.29, 1.82) is 0 Å². The Hall–Kier alpha value is 0.900. The monoisotopic (exact) mass is 504 g/mol. The van der Waals surface area contributed by atoms with Gasteiger partial charge in [-0.3, -0.25) is 0 Å². The Kier molecular flexibility index (Phi) is 4.97. The molecule has 1 aromatic heterocycles. The van der Waals surface area contributed by atoms with Crippen molar-refractivity contribution >= 4 is 77.4 Å². The quantitative estimate of drug-likeness (QED) is 0.322. The van der Waals surface area contributed by atoms with E-state index in [-0.39, 0.29) is 5.38 Å². The Balaban J connectivity index is 2.46. The molecule has 0 radical (unpaired) electrons. The number of thiophene rings is 1. The van der Waals surface area contributed by atoms with Gasteiger partial charge >= 0.3 is 0 Å². The van der Waals surface area contributed by atoms with Crippen LogP contribution in [0.3, 0.4) is 0 Å². The molecule has 1 aromatic carbocycles. The molecule has 1 unspecified atom stereocenters. The summed E-state index contributed by atoms with van der Waals surface area (Å²) in [7, 11) is 0. The van der Waals surface area contributed by atoms with Crippen LogP contribution in [-0.2, 0) is 0 Å². The summed E-state index contributed by atoms with van der Waals surface area (Å²) in [6.07, 6.45) is 0. The standard InChI is InChI=1S/C12H8Br2ClIS/c1-6-4-9(14)12(17-6)11(15)8-5-7(13)2-3-10(8)16/h2-5,11H,1H3. The molecule has 0 saturated heterocycles. The Bertz CT molecular complexity index is 553. The van der Waals surface area contributed by atoms with E-state index in [9.17, 15) is 0 Å². The molecule has 0 N–H and O–H groups in total. The van der Waals surface area contributed by atoms with Crippen LogP contribution in [0, 0.1) is 10.5 Å². The van der Waals surface area contributed by atoms with E-state index in [1.807, 2.05) is 6.07 Å². The number of halogens is 4. The van der Waals surface area contributed by atoms with Gasteiger partial charge in [-0.1, -0.05) is 15.9 Å². The summed E-state index contributed by atoms with van der Waals surface area (Å²) >= 11 is 17.7. The molecule has 0 aliphatic rings. The lowest BCUT2D eigenvalue weighted by molar-refractivity contribution is 1.15. The molecule has 0 aliphatic carbocycles. The molecule has 0 amide bonds. The van der Waals surface area contributed by atoms with E-state index in [0.717, 1.165) is 14.5 Å². The zero-order valence-electron chi connectivity index (χ0n) is 8.81. The first-order valence-corrected chi connectivity index (χ1v) is 8.75. The lowest BCUT2D eigenvalue weighted by Crippen LogP contribution is -1.94. The molecule has 0 saturated carbocycles. The van der Waals surface area contributed by atoms with Crippen LogP contribution in [0.2, 0.25) is 0 Å². The van der Waals surface area contributed by atoms with E-state index in [2.05, 4.69) is 79.6 Å². The van der Waals surface area contributed by atoms with Crippen LogP contribution in [0.5, 0.6) is 0 Å². The number of hydrogen-bond acceptors (Lipinski definition) is 1. The summed E-state index contributed by atoms with van der Waals surface area (Å²) in [5.41, 5.74) is 1.14. The fourth-order valence-electron chi connectivity index (χ4n) is 1.52. The predicted octanol–water partition coefficient (Wildman–Crippen LogP) is 6.51. The minimum atomic E-state index is -0.104. The normalized spacial score (nSPS) is 12.8. The third-order valence-corrected chi connectivity index (χ3v) is 6.39. The molecule has 90 valence electrons. The minimum Gasteiger partial charge on any atom is -0.143 e. The highest BCUT2D eigenvalue weighted by Gasteiger charge is 2.19. The van der Waals surface area contributed by atoms with Gasteiger partial charge in [0, 0.05) is 22.3 Å². The number of alkyl halides is 1. The SMILES string of the molecule is Cc1cc(Br)c(C(Cl)c2cc(Br)ccc2I)s1.